The van der Waals surface area contributed by atoms with Crippen LogP contribution in [-0.4, -0.2) is 32.8 Å². The molecular formula is C28H20ClF2N5O4. The van der Waals surface area contributed by atoms with Gasteiger partial charge in [-0.2, -0.15) is 14.0 Å². The molecule has 0 radical (unpaired) electrons. The molecule has 1 atom stereocenters. The number of halogens is 3. The number of hydrogen-bond acceptors (Lipinski definition) is 7. The minimum Gasteiger partial charge on any atom is -0.433 e. The van der Waals surface area contributed by atoms with E-state index in [1.165, 1.54) is 42.7 Å². The maximum absolute atomic E-state index is 13.6. The number of Topliss-reactive ketones (excluding diaryl/α,β-unsaturated/α-hetero) is 1. The Morgan fingerprint density at radius 3 is 2.52 bits per heavy atom. The smallest absolute Gasteiger partial charge is 0.387 e. The molecule has 202 valence electrons. The number of alkyl halides is 2. The van der Waals surface area contributed by atoms with Gasteiger partial charge in [0.05, 0.1) is 17.8 Å². The summed E-state index contributed by atoms with van der Waals surface area (Å²) < 4.78 is 32.7. The Kier molecular flexibility index (Phi) is 8.61. The highest BCUT2D eigenvalue weighted by molar-refractivity contribution is 6.31. The molecule has 0 saturated heterocycles. The van der Waals surface area contributed by atoms with Gasteiger partial charge in [0, 0.05) is 53.1 Å². The molecular weight excluding hydrogens is 544 g/mol. The first kappa shape index (κ1) is 28.1. The van der Waals surface area contributed by atoms with Gasteiger partial charge in [-0.15, -0.1) is 0 Å². The van der Waals surface area contributed by atoms with Crippen molar-refractivity contribution >= 4 is 23.3 Å². The first-order valence-electron chi connectivity index (χ1n) is 11.7. The number of primary amides is 1. The fourth-order valence-electron chi connectivity index (χ4n) is 4.09. The number of benzene rings is 1. The van der Waals surface area contributed by atoms with Gasteiger partial charge in [0.2, 0.25) is 0 Å². The third-order valence-electron chi connectivity index (χ3n) is 5.94. The molecule has 4 rings (SSSR count). The van der Waals surface area contributed by atoms with Gasteiger partial charge in [-0.25, -0.2) is 0 Å². The lowest BCUT2D eigenvalue weighted by Crippen LogP contribution is -2.32. The SMILES string of the molecule is N#Cc1ccc(Cl)cc1-c1cc(=O)n(C(Cc2ccccn2)C(=O)Cc2ccc(C(N)=O)nc2)cc1OC(F)F. The maximum atomic E-state index is 13.6. The largest absolute Gasteiger partial charge is 0.433 e. The van der Waals surface area contributed by atoms with Gasteiger partial charge in [0.25, 0.3) is 11.5 Å². The molecule has 2 N–H and O–H groups in total. The van der Waals surface area contributed by atoms with Crippen molar-refractivity contribution in [2.24, 2.45) is 5.73 Å². The number of rotatable bonds is 10. The van der Waals surface area contributed by atoms with Gasteiger partial charge in [-0.1, -0.05) is 23.7 Å². The van der Waals surface area contributed by atoms with Crippen LogP contribution in [-0.2, 0) is 17.6 Å². The highest BCUT2D eigenvalue weighted by Gasteiger charge is 2.26. The quantitative estimate of drug-likeness (QED) is 0.306. The number of pyridine rings is 3. The number of carbonyl (C=O) groups is 2. The predicted molar refractivity (Wildman–Crippen MR) is 141 cm³/mol. The van der Waals surface area contributed by atoms with E-state index >= 15 is 0 Å². The van der Waals surface area contributed by atoms with Crippen LogP contribution in [0.1, 0.15) is 33.4 Å². The zero-order valence-electron chi connectivity index (χ0n) is 20.6. The van der Waals surface area contributed by atoms with E-state index in [0.717, 1.165) is 16.8 Å². The second-order valence-electron chi connectivity index (χ2n) is 8.58. The Labute approximate surface area is 231 Å². The van der Waals surface area contributed by atoms with Crippen LogP contribution >= 0.6 is 11.6 Å². The lowest BCUT2D eigenvalue weighted by molar-refractivity contribution is -0.121. The molecule has 0 aliphatic rings. The van der Waals surface area contributed by atoms with Gasteiger partial charge in [-0.3, -0.25) is 24.4 Å². The second-order valence-corrected chi connectivity index (χ2v) is 9.01. The van der Waals surface area contributed by atoms with Gasteiger partial charge in [-0.05, 0) is 42.0 Å². The minimum atomic E-state index is -3.27. The van der Waals surface area contributed by atoms with Crippen molar-refractivity contribution in [3.05, 3.63) is 111 Å². The molecule has 3 heterocycles. The van der Waals surface area contributed by atoms with Gasteiger partial charge >= 0.3 is 6.61 Å². The molecule has 0 aliphatic carbocycles. The van der Waals surface area contributed by atoms with E-state index in [9.17, 15) is 28.4 Å². The van der Waals surface area contributed by atoms with Gasteiger partial charge < -0.3 is 15.0 Å². The predicted octanol–water partition coefficient (Wildman–Crippen LogP) is 4.13. The summed E-state index contributed by atoms with van der Waals surface area (Å²) in [6, 6.07) is 13.9. The van der Waals surface area contributed by atoms with Crippen molar-refractivity contribution in [1.29, 1.82) is 5.26 Å². The molecule has 0 aliphatic heterocycles. The van der Waals surface area contributed by atoms with Gasteiger partial charge in [0.15, 0.2) is 5.78 Å². The van der Waals surface area contributed by atoms with Crippen molar-refractivity contribution in [3.63, 3.8) is 0 Å². The van der Waals surface area contributed by atoms with Gasteiger partial charge in [0.1, 0.15) is 17.5 Å². The number of nitrogens with two attached hydrogens (primary N) is 1. The van der Waals surface area contributed by atoms with Crippen LogP contribution in [0.4, 0.5) is 8.78 Å². The van der Waals surface area contributed by atoms with Crippen LogP contribution in [0.25, 0.3) is 11.1 Å². The minimum absolute atomic E-state index is 0.0135. The van der Waals surface area contributed by atoms with E-state index in [1.807, 2.05) is 6.07 Å². The molecule has 1 aromatic carbocycles. The number of ether oxygens (including phenoxy) is 1. The van der Waals surface area contributed by atoms with E-state index in [4.69, 9.17) is 22.1 Å². The summed E-state index contributed by atoms with van der Waals surface area (Å²) in [5.41, 5.74) is 5.53. The van der Waals surface area contributed by atoms with Crippen LogP contribution < -0.4 is 16.0 Å². The summed E-state index contributed by atoms with van der Waals surface area (Å²) in [4.78, 5) is 46.5. The number of amides is 1. The van der Waals surface area contributed by atoms with Crippen molar-refractivity contribution in [1.82, 2.24) is 14.5 Å². The molecule has 1 amide bonds. The zero-order chi connectivity index (χ0) is 28.8. The second kappa shape index (κ2) is 12.3. The standard InChI is InChI=1S/C28H20ClF2N5O4/c29-18-6-5-17(13-32)20(10-18)21-12-26(38)36(15-25(21)40-28(30)31)23(11-19-3-1-2-8-34-19)24(37)9-16-4-7-22(27(33)39)35-14-16/h1-8,10,12,14-15,23,28H,9,11H2,(H2,33,39). The van der Waals surface area contributed by atoms with E-state index in [-0.39, 0.29) is 40.2 Å². The van der Waals surface area contributed by atoms with Crippen molar-refractivity contribution in [2.45, 2.75) is 25.5 Å². The van der Waals surface area contributed by atoms with E-state index in [0.29, 0.717) is 11.3 Å². The maximum Gasteiger partial charge on any atom is 0.387 e. The highest BCUT2D eigenvalue weighted by atomic mass is 35.5. The first-order valence-corrected chi connectivity index (χ1v) is 12.1. The molecule has 0 spiro atoms. The summed E-state index contributed by atoms with van der Waals surface area (Å²) in [6.45, 7) is -3.27. The average Bonchev–Trinajstić information content (AvgIpc) is 2.93. The fraction of sp³-hybridized carbons (Fsp3) is 0.143. The lowest BCUT2D eigenvalue weighted by Gasteiger charge is -2.21. The Morgan fingerprint density at radius 2 is 1.90 bits per heavy atom. The Hall–Kier alpha value is -4.95. The van der Waals surface area contributed by atoms with E-state index in [1.54, 1.807) is 18.2 Å². The Bertz CT molecular complexity index is 1650. The highest BCUT2D eigenvalue weighted by Crippen LogP contribution is 2.34. The lowest BCUT2D eigenvalue weighted by atomic mass is 9.98. The van der Waals surface area contributed by atoms with Crippen molar-refractivity contribution < 1.29 is 23.1 Å². The Balaban J connectivity index is 1.82. The summed E-state index contributed by atoms with van der Waals surface area (Å²) in [7, 11) is 0. The topological polar surface area (TPSA) is 141 Å². The summed E-state index contributed by atoms with van der Waals surface area (Å²) in [6.07, 6.45) is 3.61. The van der Waals surface area contributed by atoms with Crippen LogP contribution in [0.15, 0.2) is 78.0 Å². The number of ketones is 1. The molecule has 3 aromatic heterocycles. The van der Waals surface area contributed by atoms with E-state index < -0.39 is 35.7 Å². The van der Waals surface area contributed by atoms with Crippen LogP contribution in [0.2, 0.25) is 5.02 Å². The number of aromatic nitrogens is 3. The molecule has 4 aromatic rings. The number of carbonyl (C=O) groups excluding carboxylic acids is 2. The van der Waals surface area contributed by atoms with E-state index in [2.05, 4.69) is 9.97 Å². The first-order chi connectivity index (χ1) is 19.2. The molecule has 0 bridgehead atoms. The van der Waals surface area contributed by atoms with Crippen LogP contribution in [0.5, 0.6) is 5.75 Å². The normalized spacial score (nSPS) is 11.6. The molecule has 1 unspecified atom stereocenters. The molecule has 0 saturated carbocycles. The molecule has 9 nitrogen and oxygen atoms in total. The third-order valence-corrected chi connectivity index (χ3v) is 6.18. The van der Waals surface area contributed by atoms with Crippen LogP contribution in [0, 0.1) is 11.3 Å². The van der Waals surface area contributed by atoms with Crippen molar-refractivity contribution in [2.75, 3.05) is 0 Å². The monoisotopic (exact) mass is 563 g/mol. The molecule has 0 fully saturated rings. The summed E-state index contributed by atoms with van der Waals surface area (Å²) in [5.74, 6) is -1.62. The number of nitrogens with zero attached hydrogens (tertiary/aromatic N) is 4. The Morgan fingerprint density at radius 1 is 1.10 bits per heavy atom. The van der Waals surface area contributed by atoms with Crippen LogP contribution in [0.3, 0.4) is 0 Å². The fourth-order valence-corrected chi connectivity index (χ4v) is 4.26. The third kappa shape index (κ3) is 6.54. The zero-order valence-corrected chi connectivity index (χ0v) is 21.4. The van der Waals surface area contributed by atoms with Crippen molar-refractivity contribution in [3.8, 4) is 22.9 Å². The molecule has 40 heavy (non-hydrogen) atoms. The number of nitriles is 1. The summed E-state index contributed by atoms with van der Waals surface area (Å²) in [5, 5.41) is 9.74. The average molecular weight is 564 g/mol. The number of hydrogen-bond donors (Lipinski definition) is 1. The molecule has 12 heteroatoms. The summed E-state index contributed by atoms with van der Waals surface area (Å²) >= 11 is 6.08.